The van der Waals surface area contributed by atoms with Gasteiger partial charge in [-0.3, -0.25) is 4.99 Å². The van der Waals surface area contributed by atoms with Crippen LogP contribution in [0.3, 0.4) is 0 Å². The molecule has 1 aliphatic rings. The Morgan fingerprint density at radius 2 is 2.35 bits per heavy atom. The minimum absolute atomic E-state index is 0.275. The fraction of sp³-hybridized carbons (Fsp3) is 0.500. The summed E-state index contributed by atoms with van der Waals surface area (Å²) >= 11 is 6.03. The molecule has 1 atom stereocenters. The van der Waals surface area contributed by atoms with Crippen molar-refractivity contribution in [2.75, 3.05) is 20.7 Å². The number of rotatable bonds is 6. The number of nitrogens with zero attached hydrogens (tertiary/aromatic N) is 4. The van der Waals surface area contributed by atoms with E-state index in [4.69, 9.17) is 16.3 Å². The number of aliphatic imine (C=N–C) groups is 1. The van der Waals surface area contributed by atoms with Crippen LogP contribution in [0.2, 0.25) is 5.02 Å². The minimum Gasteiger partial charge on any atom is -0.377 e. The van der Waals surface area contributed by atoms with Gasteiger partial charge in [0.15, 0.2) is 11.8 Å². The molecule has 0 fully saturated rings. The maximum Gasteiger partial charge on any atom is 0.191 e. The van der Waals surface area contributed by atoms with Crippen LogP contribution in [0.25, 0.3) is 0 Å². The van der Waals surface area contributed by atoms with Crippen molar-refractivity contribution < 1.29 is 4.74 Å². The molecule has 0 bridgehead atoms. The van der Waals surface area contributed by atoms with Crippen LogP contribution in [0.1, 0.15) is 23.6 Å². The number of aromatic nitrogens is 3. The Hall–Kier alpha value is -2.12. The lowest BCUT2D eigenvalue weighted by atomic mass is 10.1. The Morgan fingerprint density at radius 1 is 1.46 bits per heavy atom. The van der Waals surface area contributed by atoms with E-state index in [1.54, 1.807) is 14.2 Å². The average molecular weight is 377 g/mol. The highest BCUT2D eigenvalue weighted by atomic mass is 35.5. The summed E-state index contributed by atoms with van der Waals surface area (Å²) in [6.07, 6.45) is 2.79. The predicted octanol–water partition coefficient (Wildman–Crippen LogP) is 1.80. The average Bonchev–Trinajstić information content (AvgIpc) is 3.03. The largest absolute Gasteiger partial charge is 0.377 e. The van der Waals surface area contributed by atoms with Crippen LogP contribution in [0.5, 0.6) is 0 Å². The van der Waals surface area contributed by atoms with Gasteiger partial charge in [0.25, 0.3) is 0 Å². The van der Waals surface area contributed by atoms with Gasteiger partial charge in [-0.1, -0.05) is 23.7 Å². The van der Waals surface area contributed by atoms with E-state index >= 15 is 0 Å². The molecular formula is C18H25ClN6O. The zero-order chi connectivity index (χ0) is 18.4. The van der Waals surface area contributed by atoms with Crippen molar-refractivity contribution in [3.8, 4) is 0 Å². The molecule has 0 spiro atoms. The first-order valence-corrected chi connectivity index (χ1v) is 9.19. The molecule has 1 aromatic heterocycles. The molecule has 1 unspecified atom stereocenters. The molecule has 2 heterocycles. The lowest BCUT2D eigenvalue weighted by Gasteiger charge is -2.25. The molecular weight excluding hydrogens is 352 g/mol. The molecule has 7 nitrogen and oxygen atoms in total. The van der Waals surface area contributed by atoms with Gasteiger partial charge in [0.1, 0.15) is 12.4 Å². The quantitative estimate of drug-likeness (QED) is 0.594. The first kappa shape index (κ1) is 18.7. The number of nitrogens with one attached hydrogen (secondary N) is 2. The highest BCUT2D eigenvalue weighted by Gasteiger charge is 2.22. The Balaban J connectivity index is 1.49. The van der Waals surface area contributed by atoms with Crippen molar-refractivity contribution in [3.05, 3.63) is 46.5 Å². The molecule has 0 aliphatic carbocycles. The van der Waals surface area contributed by atoms with Gasteiger partial charge >= 0.3 is 0 Å². The zero-order valence-electron chi connectivity index (χ0n) is 15.2. The molecule has 1 aliphatic heterocycles. The van der Waals surface area contributed by atoms with Gasteiger partial charge < -0.3 is 15.4 Å². The Bertz CT molecular complexity index is 760. The van der Waals surface area contributed by atoms with Crippen LogP contribution >= 0.6 is 11.6 Å². The van der Waals surface area contributed by atoms with Gasteiger partial charge in [-0.05, 0) is 30.5 Å². The maximum atomic E-state index is 6.03. The van der Waals surface area contributed by atoms with E-state index in [2.05, 4.69) is 31.8 Å². The van der Waals surface area contributed by atoms with E-state index in [0.29, 0.717) is 6.61 Å². The molecule has 2 aromatic rings. The molecule has 8 heteroatoms. The van der Waals surface area contributed by atoms with Gasteiger partial charge in [0.2, 0.25) is 0 Å². The van der Waals surface area contributed by atoms with Crippen molar-refractivity contribution in [2.45, 2.75) is 38.5 Å². The third-order valence-electron chi connectivity index (χ3n) is 4.33. The molecule has 2 N–H and O–H groups in total. The number of methoxy groups -OCH3 is 1. The Labute approximate surface area is 158 Å². The Morgan fingerprint density at radius 3 is 3.12 bits per heavy atom. The van der Waals surface area contributed by atoms with Crippen LogP contribution < -0.4 is 10.6 Å². The van der Waals surface area contributed by atoms with Gasteiger partial charge in [-0.25, -0.2) is 9.67 Å². The smallest absolute Gasteiger partial charge is 0.191 e. The van der Waals surface area contributed by atoms with E-state index in [1.165, 1.54) is 5.56 Å². The molecule has 26 heavy (non-hydrogen) atoms. The number of hydrogen-bond donors (Lipinski definition) is 2. The summed E-state index contributed by atoms with van der Waals surface area (Å²) in [6.45, 7) is 2.02. The molecule has 140 valence electrons. The number of ether oxygens (including phenoxy) is 1. The van der Waals surface area contributed by atoms with E-state index < -0.39 is 0 Å². The van der Waals surface area contributed by atoms with Crippen molar-refractivity contribution in [3.63, 3.8) is 0 Å². The normalized spacial score (nSPS) is 17.0. The summed E-state index contributed by atoms with van der Waals surface area (Å²) in [6, 6.07) is 8.20. The van der Waals surface area contributed by atoms with Gasteiger partial charge in [0.05, 0.1) is 6.54 Å². The van der Waals surface area contributed by atoms with Crippen LogP contribution in [0, 0.1) is 0 Å². The van der Waals surface area contributed by atoms with E-state index in [1.807, 2.05) is 22.9 Å². The zero-order valence-corrected chi connectivity index (χ0v) is 16.0. The van der Waals surface area contributed by atoms with E-state index in [-0.39, 0.29) is 6.04 Å². The van der Waals surface area contributed by atoms with E-state index in [9.17, 15) is 0 Å². The lowest BCUT2D eigenvalue weighted by molar-refractivity contribution is 0.177. The minimum atomic E-state index is 0.275. The molecule has 0 saturated heterocycles. The lowest BCUT2D eigenvalue weighted by Crippen LogP contribution is -2.47. The van der Waals surface area contributed by atoms with Crippen molar-refractivity contribution >= 4 is 17.6 Å². The summed E-state index contributed by atoms with van der Waals surface area (Å²) in [5.41, 5.74) is 1.20. The standard InChI is InChI=1S/C18H25ClN6O/c1-20-18(21-9-8-13-4-3-5-14(19)10-13)22-15-6-7-17-23-16(12-26-2)24-25(17)11-15/h3-5,10,15H,6-9,11-12H2,1-2H3,(H2,20,21,22). The second-order valence-corrected chi connectivity index (χ2v) is 6.75. The summed E-state index contributed by atoms with van der Waals surface area (Å²) in [7, 11) is 3.44. The van der Waals surface area contributed by atoms with Crippen LogP contribution in [0.4, 0.5) is 0 Å². The van der Waals surface area contributed by atoms with Crippen LogP contribution in [-0.2, 0) is 30.7 Å². The summed E-state index contributed by atoms with van der Waals surface area (Å²) < 4.78 is 7.08. The van der Waals surface area contributed by atoms with Crippen LogP contribution in [-0.4, -0.2) is 47.5 Å². The first-order valence-electron chi connectivity index (χ1n) is 8.81. The SMILES string of the molecule is CN=C(NCCc1cccc(Cl)c1)NC1CCc2nc(COC)nn2C1. The summed E-state index contributed by atoms with van der Waals surface area (Å²) in [5, 5.41) is 12.1. The molecule has 0 radical (unpaired) electrons. The van der Waals surface area contributed by atoms with Crippen molar-refractivity contribution in [1.82, 2.24) is 25.4 Å². The second kappa shape index (κ2) is 9.00. The number of fused-ring (bicyclic) bond motifs is 1. The molecule has 1 aromatic carbocycles. The maximum absolute atomic E-state index is 6.03. The van der Waals surface area contributed by atoms with Gasteiger partial charge in [-0.15, -0.1) is 0 Å². The van der Waals surface area contributed by atoms with Crippen LogP contribution in [0.15, 0.2) is 29.3 Å². The highest BCUT2D eigenvalue weighted by Crippen LogP contribution is 2.13. The molecule has 3 rings (SSSR count). The number of hydrogen-bond acceptors (Lipinski definition) is 4. The fourth-order valence-electron chi connectivity index (χ4n) is 3.07. The topological polar surface area (TPSA) is 76.4 Å². The number of guanidine groups is 1. The monoisotopic (exact) mass is 376 g/mol. The number of aryl methyl sites for hydroxylation is 1. The predicted molar refractivity (Wildman–Crippen MR) is 102 cm³/mol. The third-order valence-corrected chi connectivity index (χ3v) is 4.57. The number of benzene rings is 1. The first-order chi connectivity index (χ1) is 12.7. The highest BCUT2D eigenvalue weighted by molar-refractivity contribution is 6.30. The second-order valence-electron chi connectivity index (χ2n) is 6.32. The van der Waals surface area contributed by atoms with Gasteiger partial charge in [0, 0.05) is 38.2 Å². The van der Waals surface area contributed by atoms with E-state index in [0.717, 1.165) is 55.0 Å². The third kappa shape index (κ3) is 4.95. The summed E-state index contributed by atoms with van der Waals surface area (Å²) in [4.78, 5) is 8.83. The number of halogens is 1. The van der Waals surface area contributed by atoms with Crippen molar-refractivity contribution in [2.24, 2.45) is 4.99 Å². The van der Waals surface area contributed by atoms with Crippen molar-refractivity contribution in [1.29, 1.82) is 0 Å². The molecule has 0 saturated carbocycles. The molecule has 0 amide bonds. The summed E-state index contributed by atoms with van der Waals surface area (Å²) in [5.74, 6) is 2.57. The van der Waals surface area contributed by atoms with Gasteiger partial charge in [-0.2, -0.15) is 5.10 Å². The Kier molecular flexibility index (Phi) is 6.46. The fourth-order valence-corrected chi connectivity index (χ4v) is 3.29.